The van der Waals surface area contributed by atoms with Gasteiger partial charge in [-0.25, -0.2) is 12.7 Å². The minimum Gasteiger partial charge on any atom is -0.457 e. The third-order valence-corrected chi connectivity index (χ3v) is 7.31. The van der Waals surface area contributed by atoms with Gasteiger partial charge in [0, 0.05) is 38.3 Å². The smallest absolute Gasteiger partial charge is 0.251 e. The number of anilines is 1. The van der Waals surface area contributed by atoms with Crippen molar-refractivity contribution in [3.63, 3.8) is 0 Å². The van der Waals surface area contributed by atoms with Crippen LogP contribution in [-0.2, 0) is 14.8 Å². The zero-order valence-electron chi connectivity index (χ0n) is 18.8. The lowest BCUT2D eigenvalue weighted by atomic mass is 10.2. The van der Waals surface area contributed by atoms with Gasteiger partial charge in [-0.2, -0.15) is 0 Å². The Kier molecular flexibility index (Phi) is 6.67. The Labute approximate surface area is 198 Å². The Hall–Kier alpha value is -3.69. The molecule has 1 fully saturated rings. The van der Waals surface area contributed by atoms with E-state index in [1.165, 1.54) is 38.4 Å². The van der Waals surface area contributed by atoms with Gasteiger partial charge in [0.25, 0.3) is 5.91 Å². The molecule has 1 unspecified atom stereocenters. The third-order valence-electron chi connectivity index (χ3n) is 5.48. The summed E-state index contributed by atoms with van der Waals surface area (Å²) >= 11 is 0. The highest BCUT2D eigenvalue weighted by molar-refractivity contribution is 7.89. The molecule has 0 aromatic heterocycles. The second-order valence-electron chi connectivity index (χ2n) is 8.10. The largest absolute Gasteiger partial charge is 0.457 e. The van der Waals surface area contributed by atoms with E-state index in [1.807, 2.05) is 42.5 Å². The summed E-state index contributed by atoms with van der Waals surface area (Å²) in [7, 11) is -0.672. The second-order valence-corrected chi connectivity index (χ2v) is 10.3. The monoisotopic (exact) mass is 479 g/mol. The van der Waals surface area contributed by atoms with E-state index in [0.29, 0.717) is 17.9 Å². The number of carbonyl (C=O) groups is 2. The quantitative estimate of drug-likeness (QED) is 0.561. The molecule has 0 bridgehead atoms. The minimum absolute atomic E-state index is 0.0885. The fourth-order valence-electron chi connectivity index (χ4n) is 3.63. The number of sulfonamides is 1. The molecule has 2 amide bonds. The van der Waals surface area contributed by atoms with Crippen LogP contribution in [0.2, 0.25) is 0 Å². The van der Waals surface area contributed by atoms with Gasteiger partial charge in [-0.15, -0.1) is 0 Å². The molecule has 1 N–H and O–H groups in total. The number of benzene rings is 3. The van der Waals surface area contributed by atoms with E-state index in [2.05, 4.69) is 5.32 Å². The van der Waals surface area contributed by atoms with E-state index >= 15 is 0 Å². The van der Waals surface area contributed by atoms with E-state index < -0.39 is 10.0 Å². The van der Waals surface area contributed by atoms with E-state index in [0.717, 1.165) is 15.7 Å². The number of carbonyl (C=O) groups excluding carboxylic acids is 2. The van der Waals surface area contributed by atoms with Crippen LogP contribution >= 0.6 is 0 Å². The number of nitrogens with zero attached hydrogens (tertiary/aromatic N) is 2. The van der Waals surface area contributed by atoms with Gasteiger partial charge in [0.05, 0.1) is 10.9 Å². The molecule has 0 radical (unpaired) electrons. The normalized spacial score (nSPS) is 16.0. The third kappa shape index (κ3) is 5.11. The number of nitrogens with one attached hydrogen (secondary N) is 1. The van der Waals surface area contributed by atoms with E-state index in [9.17, 15) is 18.0 Å². The molecule has 9 heteroatoms. The van der Waals surface area contributed by atoms with Crippen LogP contribution in [0, 0.1) is 0 Å². The highest BCUT2D eigenvalue weighted by atomic mass is 32.2. The van der Waals surface area contributed by atoms with Crippen LogP contribution in [0.3, 0.4) is 0 Å². The highest BCUT2D eigenvalue weighted by Gasteiger charge is 2.32. The first-order valence-corrected chi connectivity index (χ1v) is 12.1. The Morgan fingerprint density at radius 1 is 0.941 bits per heavy atom. The van der Waals surface area contributed by atoms with Crippen molar-refractivity contribution in [3.8, 4) is 11.5 Å². The van der Waals surface area contributed by atoms with Crippen LogP contribution < -0.4 is 15.0 Å². The van der Waals surface area contributed by atoms with Crippen molar-refractivity contribution in [3.05, 3.63) is 84.4 Å². The molecule has 4 rings (SSSR count). The number of amides is 2. The molecule has 0 aliphatic carbocycles. The first-order valence-electron chi connectivity index (χ1n) is 10.7. The number of ether oxygens (including phenoxy) is 1. The Morgan fingerprint density at radius 3 is 2.18 bits per heavy atom. The van der Waals surface area contributed by atoms with Crippen molar-refractivity contribution in [2.75, 3.05) is 25.5 Å². The molecule has 1 aliphatic heterocycles. The van der Waals surface area contributed by atoms with Crippen LogP contribution in [0.25, 0.3) is 0 Å². The molecule has 0 saturated carbocycles. The molecule has 3 aromatic rings. The van der Waals surface area contributed by atoms with E-state index in [4.69, 9.17) is 4.74 Å². The van der Waals surface area contributed by atoms with Crippen LogP contribution in [0.15, 0.2) is 83.8 Å². The summed E-state index contributed by atoms with van der Waals surface area (Å²) in [5.74, 6) is 0.934. The van der Waals surface area contributed by atoms with Crippen molar-refractivity contribution in [2.45, 2.75) is 17.4 Å². The lowest BCUT2D eigenvalue weighted by Crippen LogP contribution is -2.37. The number of rotatable bonds is 7. The lowest BCUT2D eigenvalue weighted by molar-refractivity contribution is -0.117. The predicted octanol–water partition coefficient (Wildman–Crippen LogP) is 3.26. The van der Waals surface area contributed by atoms with Gasteiger partial charge >= 0.3 is 0 Å². The second kappa shape index (κ2) is 9.66. The summed E-state index contributed by atoms with van der Waals surface area (Å²) < 4.78 is 31.3. The fraction of sp³-hybridized carbons (Fsp3) is 0.200. The maximum atomic E-state index is 12.6. The maximum Gasteiger partial charge on any atom is 0.251 e. The van der Waals surface area contributed by atoms with E-state index in [-0.39, 0.29) is 29.2 Å². The van der Waals surface area contributed by atoms with Crippen LogP contribution in [0.5, 0.6) is 11.5 Å². The topological polar surface area (TPSA) is 96.0 Å². The van der Waals surface area contributed by atoms with Crippen molar-refractivity contribution in [1.29, 1.82) is 0 Å². The first-order chi connectivity index (χ1) is 16.2. The standard InChI is InChI=1S/C25H25N3O5S/c1-27(2)34(31,32)23-14-8-18(9-15-23)25(30)26-19-16-24(29)28(17-19)20-10-12-22(13-11-20)33-21-6-4-3-5-7-21/h3-15,19H,16-17H2,1-2H3,(H,26,30). The molecular weight excluding hydrogens is 454 g/mol. The molecular formula is C25H25N3O5S. The van der Waals surface area contributed by atoms with Crippen LogP contribution in [-0.4, -0.2) is 51.2 Å². The highest BCUT2D eigenvalue weighted by Crippen LogP contribution is 2.27. The van der Waals surface area contributed by atoms with Gasteiger partial charge < -0.3 is 15.0 Å². The van der Waals surface area contributed by atoms with Crippen molar-refractivity contribution in [2.24, 2.45) is 0 Å². The SMILES string of the molecule is CN(C)S(=O)(=O)c1ccc(C(=O)NC2CC(=O)N(c3ccc(Oc4ccccc4)cc3)C2)cc1. The number of para-hydroxylation sites is 1. The summed E-state index contributed by atoms with van der Waals surface area (Å²) in [6, 6.07) is 22.0. The zero-order valence-corrected chi connectivity index (χ0v) is 19.7. The van der Waals surface area contributed by atoms with E-state index in [1.54, 1.807) is 17.0 Å². The Bertz CT molecular complexity index is 1270. The van der Waals surface area contributed by atoms with Gasteiger partial charge in [0.2, 0.25) is 15.9 Å². The maximum absolute atomic E-state index is 12.6. The van der Waals surface area contributed by atoms with Gasteiger partial charge in [0.15, 0.2) is 0 Å². The molecule has 176 valence electrons. The summed E-state index contributed by atoms with van der Waals surface area (Å²) in [5, 5.41) is 2.86. The summed E-state index contributed by atoms with van der Waals surface area (Å²) in [6.45, 7) is 0.344. The van der Waals surface area contributed by atoms with Crippen molar-refractivity contribution >= 4 is 27.5 Å². The molecule has 3 aromatic carbocycles. The van der Waals surface area contributed by atoms with Crippen LogP contribution in [0.4, 0.5) is 5.69 Å². The van der Waals surface area contributed by atoms with Crippen LogP contribution in [0.1, 0.15) is 16.8 Å². The minimum atomic E-state index is -3.57. The number of hydrogen-bond donors (Lipinski definition) is 1. The van der Waals surface area contributed by atoms with Gasteiger partial charge in [-0.05, 0) is 60.7 Å². The number of hydrogen-bond acceptors (Lipinski definition) is 5. The fourth-order valence-corrected chi connectivity index (χ4v) is 4.53. The Balaban J connectivity index is 1.37. The predicted molar refractivity (Wildman–Crippen MR) is 128 cm³/mol. The first kappa shape index (κ1) is 23.5. The average molecular weight is 480 g/mol. The molecule has 34 heavy (non-hydrogen) atoms. The van der Waals surface area contributed by atoms with Gasteiger partial charge in [0.1, 0.15) is 11.5 Å². The average Bonchev–Trinajstić information content (AvgIpc) is 3.20. The summed E-state index contributed by atoms with van der Waals surface area (Å²) in [6.07, 6.45) is 0.182. The molecule has 0 spiro atoms. The van der Waals surface area contributed by atoms with Gasteiger partial charge in [-0.1, -0.05) is 18.2 Å². The summed E-state index contributed by atoms with van der Waals surface area (Å²) in [5.41, 5.74) is 1.05. The molecule has 8 nitrogen and oxygen atoms in total. The van der Waals surface area contributed by atoms with Gasteiger partial charge in [-0.3, -0.25) is 9.59 Å². The summed E-state index contributed by atoms with van der Waals surface area (Å²) in [4.78, 5) is 27.0. The molecule has 1 heterocycles. The van der Waals surface area contributed by atoms with Crippen molar-refractivity contribution < 1.29 is 22.7 Å². The molecule has 1 atom stereocenters. The van der Waals surface area contributed by atoms with Crippen molar-refractivity contribution in [1.82, 2.24) is 9.62 Å². The Morgan fingerprint density at radius 2 is 1.56 bits per heavy atom. The molecule has 1 aliphatic rings. The molecule has 1 saturated heterocycles. The zero-order chi connectivity index (χ0) is 24.3. The lowest BCUT2D eigenvalue weighted by Gasteiger charge is -2.18.